The lowest BCUT2D eigenvalue weighted by Gasteiger charge is -2.29. The highest BCUT2D eigenvalue weighted by Crippen LogP contribution is 2.33. The molecule has 0 aromatic heterocycles. The van der Waals surface area contributed by atoms with Crippen LogP contribution < -0.4 is 4.74 Å². The molecule has 0 saturated heterocycles. The topological polar surface area (TPSA) is 46.6 Å². The number of sulfone groups is 1. The van der Waals surface area contributed by atoms with E-state index in [0.29, 0.717) is 25.3 Å². The number of nitrogens with zero attached hydrogens (tertiary/aromatic N) is 1. The van der Waals surface area contributed by atoms with E-state index in [9.17, 15) is 21.6 Å². The Morgan fingerprint density at radius 2 is 1.44 bits per heavy atom. The third-order valence-corrected chi connectivity index (χ3v) is 7.85. The fourth-order valence-corrected chi connectivity index (χ4v) is 5.36. The molecule has 0 aliphatic heterocycles. The number of hydrogen-bond acceptors (Lipinski definition) is 4. The maximum atomic E-state index is 15.0. The Morgan fingerprint density at radius 1 is 0.829 bits per heavy atom. The van der Waals surface area contributed by atoms with Gasteiger partial charge in [-0.3, -0.25) is 4.90 Å². The number of rotatable bonds is 12. The van der Waals surface area contributed by atoms with Crippen LogP contribution in [0.25, 0.3) is 0 Å². The standard InChI is InChI=1S/C32H31F4NO3S/c1-41(38,39)28-17-9-16-27(21-28)40-20-10-19-37(22-26-15-8-18-30(31(26)33)32(34,35)36)23-29(24-11-4-2-5-12-24)25-13-6-3-7-14-25/h2-9,11-18,21,29H,10,19-20,22-23H2,1H3. The second-order valence-electron chi connectivity index (χ2n) is 9.83. The van der Waals surface area contributed by atoms with Gasteiger partial charge >= 0.3 is 6.18 Å². The van der Waals surface area contributed by atoms with Crippen LogP contribution in [0, 0.1) is 5.82 Å². The van der Waals surface area contributed by atoms with Crippen molar-refractivity contribution in [1.82, 2.24) is 4.90 Å². The van der Waals surface area contributed by atoms with Gasteiger partial charge in [0.15, 0.2) is 9.84 Å². The van der Waals surface area contributed by atoms with E-state index >= 15 is 4.39 Å². The van der Waals surface area contributed by atoms with Crippen LogP contribution in [0.5, 0.6) is 5.75 Å². The molecule has 0 spiro atoms. The van der Waals surface area contributed by atoms with Crippen LogP contribution in [0.15, 0.2) is 108 Å². The van der Waals surface area contributed by atoms with Gasteiger partial charge in [0.2, 0.25) is 0 Å². The fraction of sp³-hybridized carbons (Fsp3) is 0.250. The van der Waals surface area contributed by atoms with Crippen LogP contribution in [0.2, 0.25) is 0 Å². The lowest BCUT2D eigenvalue weighted by atomic mass is 9.90. The van der Waals surface area contributed by atoms with Crippen LogP contribution in [0.1, 0.15) is 34.6 Å². The van der Waals surface area contributed by atoms with Gasteiger partial charge < -0.3 is 4.74 Å². The van der Waals surface area contributed by atoms with Gasteiger partial charge in [-0.2, -0.15) is 13.2 Å². The van der Waals surface area contributed by atoms with E-state index in [2.05, 4.69) is 0 Å². The quantitative estimate of drug-likeness (QED) is 0.129. The molecular formula is C32H31F4NO3S. The van der Waals surface area contributed by atoms with Crippen molar-refractivity contribution in [2.75, 3.05) is 26.0 Å². The van der Waals surface area contributed by atoms with Gasteiger partial charge in [-0.1, -0.05) is 78.9 Å². The molecule has 0 unspecified atom stereocenters. The highest BCUT2D eigenvalue weighted by molar-refractivity contribution is 7.90. The normalized spacial score (nSPS) is 12.2. The summed E-state index contributed by atoms with van der Waals surface area (Å²) in [6.45, 7) is 1.02. The molecule has 4 nitrogen and oxygen atoms in total. The molecule has 41 heavy (non-hydrogen) atoms. The summed E-state index contributed by atoms with van der Waals surface area (Å²) < 4.78 is 84.8. The number of alkyl halides is 3. The third-order valence-electron chi connectivity index (χ3n) is 6.74. The zero-order valence-electron chi connectivity index (χ0n) is 22.5. The molecule has 0 heterocycles. The Kier molecular flexibility index (Phi) is 9.83. The Morgan fingerprint density at radius 3 is 2.02 bits per heavy atom. The predicted molar refractivity (Wildman–Crippen MR) is 151 cm³/mol. The monoisotopic (exact) mass is 585 g/mol. The highest BCUT2D eigenvalue weighted by atomic mass is 32.2. The van der Waals surface area contributed by atoms with Crippen LogP contribution in [0.4, 0.5) is 17.6 Å². The van der Waals surface area contributed by atoms with Gasteiger partial charge in [0, 0.05) is 37.4 Å². The van der Waals surface area contributed by atoms with E-state index in [1.807, 2.05) is 65.6 Å². The lowest BCUT2D eigenvalue weighted by molar-refractivity contribution is -0.140. The number of hydrogen-bond donors (Lipinski definition) is 0. The predicted octanol–water partition coefficient (Wildman–Crippen LogP) is 7.35. The summed E-state index contributed by atoms with van der Waals surface area (Å²) in [4.78, 5) is 2.07. The maximum Gasteiger partial charge on any atom is 0.419 e. The minimum Gasteiger partial charge on any atom is -0.494 e. The van der Waals surface area contributed by atoms with Gasteiger partial charge in [0.1, 0.15) is 11.6 Å². The molecule has 0 aliphatic rings. The average Bonchev–Trinajstić information content (AvgIpc) is 2.95. The molecule has 0 bridgehead atoms. The van der Waals surface area contributed by atoms with Gasteiger partial charge in [-0.25, -0.2) is 12.8 Å². The molecule has 0 aliphatic carbocycles. The van der Waals surface area contributed by atoms with Gasteiger partial charge in [-0.05, 0) is 41.8 Å². The molecular weight excluding hydrogens is 554 g/mol. The summed E-state index contributed by atoms with van der Waals surface area (Å²) in [5.41, 5.74) is 0.734. The Bertz CT molecular complexity index is 1490. The number of ether oxygens (including phenoxy) is 1. The van der Waals surface area contributed by atoms with Crippen molar-refractivity contribution in [2.24, 2.45) is 0 Å². The maximum absolute atomic E-state index is 15.0. The van der Waals surface area contributed by atoms with Crippen molar-refractivity contribution in [1.29, 1.82) is 0 Å². The largest absolute Gasteiger partial charge is 0.494 e. The summed E-state index contributed by atoms with van der Waals surface area (Å²) >= 11 is 0. The van der Waals surface area contributed by atoms with E-state index in [1.165, 1.54) is 24.3 Å². The zero-order valence-corrected chi connectivity index (χ0v) is 23.3. The summed E-state index contributed by atoms with van der Waals surface area (Å²) in [5.74, 6) is -0.983. The molecule has 4 rings (SSSR count). The van der Waals surface area contributed by atoms with Crippen molar-refractivity contribution >= 4 is 9.84 Å². The first-order valence-electron chi connectivity index (χ1n) is 13.1. The smallest absolute Gasteiger partial charge is 0.419 e. The van der Waals surface area contributed by atoms with Crippen molar-refractivity contribution in [3.63, 3.8) is 0 Å². The molecule has 4 aromatic rings. The molecule has 0 amide bonds. The molecule has 4 aromatic carbocycles. The number of halogens is 4. The minimum atomic E-state index is -4.80. The van der Waals surface area contributed by atoms with E-state index < -0.39 is 27.4 Å². The lowest BCUT2D eigenvalue weighted by Crippen LogP contribution is -2.31. The van der Waals surface area contributed by atoms with E-state index in [4.69, 9.17) is 4.74 Å². The second kappa shape index (κ2) is 13.3. The number of benzene rings is 4. The van der Waals surface area contributed by atoms with Crippen molar-refractivity contribution in [3.8, 4) is 5.75 Å². The van der Waals surface area contributed by atoms with Gasteiger partial charge in [-0.15, -0.1) is 0 Å². The van der Waals surface area contributed by atoms with Crippen LogP contribution in [0.3, 0.4) is 0 Å². The van der Waals surface area contributed by atoms with E-state index in [1.54, 1.807) is 12.1 Å². The molecule has 216 valence electrons. The average molecular weight is 586 g/mol. The van der Waals surface area contributed by atoms with Crippen molar-refractivity contribution in [3.05, 3.63) is 131 Å². The van der Waals surface area contributed by atoms with E-state index in [0.717, 1.165) is 23.4 Å². The summed E-state index contributed by atoms with van der Waals surface area (Å²) in [7, 11) is -3.39. The summed E-state index contributed by atoms with van der Waals surface area (Å²) in [6, 6.07) is 29.1. The molecule has 0 fully saturated rings. The second-order valence-corrected chi connectivity index (χ2v) is 11.9. The SMILES string of the molecule is CS(=O)(=O)c1cccc(OCCCN(Cc2cccc(C(F)(F)F)c2F)CC(c2ccccc2)c2ccccc2)c1. The molecule has 0 atom stereocenters. The molecule has 0 saturated carbocycles. The molecule has 0 radical (unpaired) electrons. The van der Waals surface area contributed by atoms with Crippen LogP contribution in [-0.2, 0) is 22.6 Å². The Labute approximate surface area is 238 Å². The van der Waals surface area contributed by atoms with Crippen LogP contribution in [-0.4, -0.2) is 39.3 Å². The van der Waals surface area contributed by atoms with Gasteiger partial charge in [0.25, 0.3) is 0 Å². The molecule has 9 heteroatoms. The van der Waals surface area contributed by atoms with Crippen molar-refractivity contribution in [2.45, 2.75) is 30.0 Å². The third kappa shape index (κ3) is 8.41. The summed E-state index contributed by atoms with van der Waals surface area (Å²) in [5, 5.41) is 0. The first kappa shape index (κ1) is 30.3. The molecule has 0 N–H and O–H groups in total. The van der Waals surface area contributed by atoms with E-state index in [-0.39, 0.29) is 29.5 Å². The fourth-order valence-electron chi connectivity index (χ4n) is 4.70. The summed E-state index contributed by atoms with van der Waals surface area (Å²) in [6.07, 6.45) is -3.21. The van der Waals surface area contributed by atoms with Crippen molar-refractivity contribution < 1.29 is 30.7 Å². The first-order valence-corrected chi connectivity index (χ1v) is 15.0. The first-order chi connectivity index (χ1) is 19.5. The minimum absolute atomic E-state index is 0.0323. The zero-order chi connectivity index (χ0) is 29.5. The van der Waals surface area contributed by atoms with Crippen LogP contribution >= 0.6 is 0 Å². The Hall–Kier alpha value is -3.69. The van der Waals surface area contributed by atoms with Gasteiger partial charge in [0.05, 0.1) is 17.1 Å². The highest BCUT2D eigenvalue weighted by Gasteiger charge is 2.35. The Balaban J connectivity index is 1.56.